The molecule has 22 heavy (non-hydrogen) atoms. The van der Waals surface area contributed by atoms with E-state index in [1.165, 1.54) is 5.69 Å². The molecule has 1 fully saturated rings. The minimum Gasteiger partial charge on any atom is -0.367 e. The van der Waals surface area contributed by atoms with Crippen molar-refractivity contribution >= 4 is 0 Å². The van der Waals surface area contributed by atoms with Crippen molar-refractivity contribution in [3.8, 4) is 0 Å². The van der Waals surface area contributed by atoms with Crippen LogP contribution in [0.3, 0.4) is 0 Å². The molecule has 0 amide bonds. The van der Waals surface area contributed by atoms with Crippen LogP contribution < -0.4 is 0 Å². The van der Waals surface area contributed by atoms with E-state index in [0.29, 0.717) is 0 Å². The van der Waals surface area contributed by atoms with Gasteiger partial charge in [0.05, 0.1) is 18.8 Å². The minimum atomic E-state index is -0.0363. The third kappa shape index (κ3) is 3.36. The topological polar surface area (TPSA) is 71.9 Å². The molecule has 0 bridgehead atoms. The largest absolute Gasteiger partial charge is 0.367 e. The first kappa shape index (κ1) is 15.2. The van der Waals surface area contributed by atoms with Gasteiger partial charge in [0, 0.05) is 31.7 Å². The van der Waals surface area contributed by atoms with Crippen molar-refractivity contribution in [3.63, 3.8) is 0 Å². The summed E-state index contributed by atoms with van der Waals surface area (Å²) in [7, 11) is 0. The maximum atomic E-state index is 5.82. The van der Waals surface area contributed by atoms with Gasteiger partial charge < -0.3 is 4.74 Å². The predicted octanol–water partition coefficient (Wildman–Crippen LogP) is 1.25. The quantitative estimate of drug-likeness (QED) is 0.900. The second kappa shape index (κ2) is 6.58. The molecule has 2 aromatic heterocycles. The number of ether oxygens (including phenoxy) is 1. The first-order valence-corrected chi connectivity index (χ1v) is 7.92. The fourth-order valence-corrected chi connectivity index (χ4v) is 2.81. The molecule has 0 radical (unpaired) electrons. The normalized spacial score (nSPS) is 19.7. The van der Waals surface area contributed by atoms with Crippen molar-refractivity contribution in [1.82, 2.24) is 29.9 Å². The number of nitrogens with one attached hydrogen (secondary N) is 1. The molecule has 2 aromatic rings. The summed E-state index contributed by atoms with van der Waals surface area (Å²) in [4.78, 5) is 6.88. The molecule has 3 heterocycles. The van der Waals surface area contributed by atoms with Crippen LogP contribution in [0, 0.1) is 13.8 Å². The van der Waals surface area contributed by atoms with Crippen molar-refractivity contribution in [2.75, 3.05) is 26.2 Å². The van der Waals surface area contributed by atoms with Gasteiger partial charge in [0.15, 0.2) is 5.82 Å². The standard InChI is InChI=1S/C15H24N6O/c1-4-14-16-15(18-17-14)13-10-20(7-8-22-13)5-6-21-12(3)9-11(2)19-21/h9,13H,4-8,10H2,1-3H3,(H,16,17,18). The van der Waals surface area contributed by atoms with E-state index in [9.17, 15) is 0 Å². The summed E-state index contributed by atoms with van der Waals surface area (Å²) in [6.07, 6.45) is 0.826. The molecule has 0 aromatic carbocycles. The van der Waals surface area contributed by atoms with Crippen LogP contribution in [0.1, 0.15) is 36.1 Å². The van der Waals surface area contributed by atoms with Gasteiger partial charge in [-0.3, -0.25) is 14.7 Å². The lowest BCUT2D eigenvalue weighted by molar-refractivity contribution is -0.0353. The van der Waals surface area contributed by atoms with Crippen LogP contribution in [0.4, 0.5) is 0 Å². The van der Waals surface area contributed by atoms with Crippen LogP contribution in [-0.2, 0) is 17.7 Å². The first-order chi connectivity index (χ1) is 10.7. The molecule has 1 saturated heterocycles. The highest BCUT2D eigenvalue weighted by molar-refractivity contribution is 5.06. The van der Waals surface area contributed by atoms with Crippen LogP contribution in [0.5, 0.6) is 0 Å². The number of morpholine rings is 1. The van der Waals surface area contributed by atoms with Gasteiger partial charge >= 0.3 is 0 Å². The van der Waals surface area contributed by atoms with E-state index in [-0.39, 0.29) is 6.10 Å². The highest BCUT2D eigenvalue weighted by Gasteiger charge is 2.25. The van der Waals surface area contributed by atoms with Crippen molar-refractivity contribution in [3.05, 3.63) is 29.1 Å². The number of H-pyrrole nitrogens is 1. The summed E-state index contributed by atoms with van der Waals surface area (Å²) < 4.78 is 7.89. The van der Waals surface area contributed by atoms with E-state index in [0.717, 1.165) is 56.5 Å². The average molecular weight is 304 g/mol. The Kier molecular flexibility index (Phi) is 4.54. The molecule has 0 spiro atoms. The van der Waals surface area contributed by atoms with Crippen molar-refractivity contribution in [2.45, 2.75) is 39.8 Å². The van der Waals surface area contributed by atoms with E-state index < -0.39 is 0 Å². The molecule has 7 heteroatoms. The van der Waals surface area contributed by atoms with Crippen LogP contribution in [0.15, 0.2) is 6.07 Å². The SMILES string of the molecule is CCc1nc(C2CN(CCn3nc(C)cc3C)CCO2)n[nH]1. The maximum absolute atomic E-state index is 5.82. The fourth-order valence-electron chi connectivity index (χ4n) is 2.81. The first-order valence-electron chi connectivity index (χ1n) is 7.92. The Balaban J connectivity index is 1.57. The lowest BCUT2D eigenvalue weighted by atomic mass is 10.2. The second-order valence-corrected chi connectivity index (χ2v) is 5.80. The van der Waals surface area contributed by atoms with Gasteiger partial charge in [-0.1, -0.05) is 6.92 Å². The van der Waals surface area contributed by atoms with Gasteiger partial charge in [0.1, 0.15) is 11.9 Å². The van der Waals surface area contributed by atoms with Gasteiger partial charge in [-0.15, -0.1) is 0 Å². The number of aromatic amines is 1. The summed E-state index contributed by atoms with van der Waals surface area (Å²) in [6.45, 7) is 10.6. The number of hydrogen-bond acceptors (Lipinski definition) is 5. The third-order valence-corrected chi connectivity index (χ3v) is 4.05. The molecule has 1 atom stereocenters. The van der Waals surface area contributed by atoms with Gasteiger partial charge in [-0.05, 0) is 19.9 Å². The Morgan fingerprint density at radius 1 is 1.36 bits per heavy atom. The summed E-state index contributed by atoms with van der Waals surface area (Å²) in [5.74, 6) is 1.69. The molecule has 1 unspecified atom stereocenters. The zero-order chi connectivity index (χ0) is 15.5. The highest BCUT2D eigenvalue weighted by Crippen LogP contribution is 2.19. The Hall–Kier alpha value is -1.73. The Morgan fingerprint density at radius 3 is 2.91 bits per heavy atom. The average Bonchev–Trinajstić information content (AvgIpc) is 3.12. The smallest absolute Gasteiger partial charge is 0.180 e. The van der Waals surface area contributed by atoms with Crippen LogP contribution >= 0.6 is 0 Å². The number of aromatic nitrogens is 5. The molecule has 3 rings (SSSR count). The monoisotopic (exact) mass is 304 g/mol. The van der Waals surface area contributed by atoms with Gasteiger partial charge in [-0.2, -0.15) is 10.2 Å². The number of rotatable bonds is 5. The summed E-state index contributed by atoms with van der Waals surface area (Å²) in [5.41, 5.74) is 2.29. The molecule has 1 aliphatic heterocycles. The molecule has 0 aliphatic carbocycles. The zero-order valence-electron chi connectivity index (χ0n) is 13.5. The fraction of sp³-hybridized carbons (Fsp3) is 0.667. The number of hydrogen-bond donors (Lipinski definition) is 1. The van der Waals surface area contributed by atoms with Gasteiger partial charge in [0.25, 0.3) is 0 Å². The van der Waals surface area contributed by atoms with Crippen molar-refractivity contribution < 1.29 is 4.74 Å². The zero-order valence-corrected chi connectivity index (χ0v) is 13.5. The van der Waals surface area contributed by atoms with Gasteiger partial charge in [-0.25, -0.2) is 4.98 Å². The minimum absolute atomic E-state index is 0.0363. The molecule has 120 valence electrons. The Labute approximate surface area is 130 Å². The van der Waals surface area contributed by atoms with Gasteiger partial charge in [0.2, 0.25) is 0 Å². The summed E-state index contributed by atoms with van der Waals surface area (Å²) >= 11 is 0. The predicted molar refractivity (Wildman–Crippen MR) is 82.6 cm³/mol. The Bertz CT molecular complexity index is 619. The van der Waals surface area contributed by atoms with Crippen LogP contribution in [0.2, 0.25) is 0 Å². The molecule has 1 aliphatic rings. The molecule has 0 saturated carbocycles. The van der Waals surface area contributed by atoms with Crippen LogP contribution in [-0.4, -0.2) is 56.1 Å². The number of nitrogens with zero attached hydrogens (tertiary/aromatic N) is 5. The molecule has 1 N–H and O–H groups in total. The van der Waals surface area contributed by atoms with Crippen LogP contribution in [0.25, 0.3) is 0 Å². The van der Waals surface area contributed by atoms with E-state index in [4.69, 9.17) is 4.74 Å². The van der Waals surface area contributed by atoms with E-state index in [2.05, 4.69) is 49.8 Å². The van der Waals surface area contributed by atoms with Crippen molar-refractivity contribution in [1.29, 1.82) is 0 Å². The van der Waals surface area contributed by atoms with E-state index >= 15 is 0 Å². The number of aryl methyl sites for hydroxylation is 3. The van der Waals surface area contributed by atoms with E-state index in [1.54, 1.807) is 0 Å². The molecular formula is C15H24N6O. The second-order valence-electron chi connectivity index (χ2n) is 5.80. The Morgan fingerprint density at radius 2 is 2.23 bits per heavy atom. The third-order valence-electron chi connectivity index (χ3n) is 4.05. The lowest BCUT2D eigenvalue weighted by Gasteiger charge is -2.31. The highest BCUT2D eigenvalue weighted by atomic mass is 16.5. The molecule has 7 nitrogen and oxygen atoms in total. The molecular weight excluding hydrogens is 280 g/mol. The van der Waals surface area contributed by atoms with E-state index in [1.807, 2.05) is 6.92 Å². The lowest BCUT2D eigenvalue weighted by Crippen LogP contribution is -2.40. The summed E-state index contributed by atoms with van der Waals surface area (Å²) in [5, 5.41) is 11.8. The summed E-state index contributed by atoms with van der Waals surface area (Å²) in [6, 6.07) is 2.11. The van der Waals surface area contributed by atoms with Crippen molar-refractivity contribution in [2.24, 2.45) is 0 Å². The maximum Gasteiger partial charge on any atom is 0.180 e.